The van der Waals surface area contributed by atoms with Gasteiger partial charge < -0.3 is 0 Å². The lowest BCUT2D eigenvalue weighted by molar-refractivity contribution is 0.0693. The normalized spacial score (nSPS) is 11.8. The van der Waals surface area contributed by atoms with E-state index in [2.05, 4.69) is 4.99 Å². The van der Waals surface area contributed by atoms with Crippen molar-refractivity contribution in [2.45, 2.75) is 27.7 Å². The molecule has 0 atom stereocenters. The first-order valence-corrected chi connectivity index (χ1v) is 6.30. The van der Waals surface area contributed by atoms with Crippen molar-refractivity contribution in [1.82, 2.24) is 4.90 Å². The predicted octanol–water partition coefficient (Wildman–Crippen LogP) is 3.04. The first-order valence-electron chi connectivity index (χ1n) is 6.30. The highest BCUT2D eigenvalue weighted by atomic mass is 16.2. The van der Waals surface area contributed by atoms with Gasteiger partial charge >= 0.3 is 0 Å². The Morgan fingerprint density at radius 3 is 1.58 bits per heavy atom. The van der Waals surface area contributed by atoms with Crippen molar-refractivity contribution in [3.05, 3.63) is 35.4 Å². The Balaban J connectivity index is 0.000000396. The molecule has 2 rings (SSSR count). The smallest absolute Gasteiger partial charge is 0.261 e. The van der Waals surface area contributed by atoms with Crippen molar-refractivity contribution >= 4 is 17.5 Å². The molecule has 0 saturated heterocycles. The molecule has 0 N–H and O–H groups in total. The van der Waals surface area contributed by atoms with Crippen LogP contribution in [0.5, 0.6) is 0 Å². The summed E-state index contributed by atoms with van der Waals surface area (Å²) in [6, 6.07) is 6.84. The van der Waals surface area contributed by atoms with Gasteiger partial charge in [0.2, 0.25) is 0 Å². The van der Waals surface area contributed by atoms with Crippen molar-refractivity contribution in [2.24, 2.45) is 4.99 Å². The van der Waals surface area contributed by atoms with E-state index in [1.165, 1.54) is 7.05 Å². The molecule has 1 heterocycles. The number of imide groups is 1. The molecule has 0 radical (unpaired) electrons. The Bertz CT molecular complexity index is 440. The summed E-state index contributed by atoms with van der Waals surface area (Å²) in [5.41, 5.74) is 2.14. The Kier molecular flexibility index (Phi) is 7.34. The largest absolute Gasteiger partial charge is 0.298 e. The van der Waals surface area contributed by atoms with Gasteiger partial charge in [-0.2, -0.15) is 0 Å². The summed E-state index contributed by atoms with van der Waals surface area (Å²) in [7, 11) is 3.28. The molecule has 19 heavy (non-hydrogen) atoms. The van der Waals surface area contributed by atoms with Crippen molar-refractivity contribution in [1.29, 1.82) is 0 Å². The summed E-state index contributed by atoms with van der Waals surface area (Å²) >= 11 is 0. The van der Waals surface area contributed by atoms with Crippen LogP contribution < -0.4 is 0 Å². The van der Waals surface area contributed by atoms with Crippen LogP contribution >= 0.6 is 0 Å². The van der Waals surface area contributed by atoms with Gasteiger partial charge in [0.25, 0.3) is 11.8 Å². The fourth-order valence-corrected chi connectivity index (χ4v) is 1.31. The van der Waals surface area contributed by atoms with E-state index in [9.17, 15) is 9.59 Å². The zero-order chi connectivity index (χ0) is 15.0. The Labute approximate surface area is 115 Å². The third kappa shape index (κ3) is 4.32. The minimum Gasteiger partial charge on any atom is -0.298 e. The SMILES string of the molecule is CC.CN1C(=O)c2ccccc2C1=O.CN=C(C)C. The number of aliphatic imine (C=N–C) groups is 1. The summed E-state index contributed by atoms with van der Waals surface area (Å²) in [5.74, 6) is -0.425. The Morgan fingerprint density at radius 1 is 1.00 bits per heavy atom. The summed E-state index contributed by atoms with van der Waals surface area (Å²) in [6.07, 6.45) is 0. The number of hydrogen-bond acceptors (Lipinski definition) is 3. The van der Waals surface area contributed by atoms with E-state index >= 15 is 0 Å². The van der Waals surface area contributed by atoms with Gasteiger partial charge in [-0.1, -0.05) is 26.0 Å². The number of amides is 2. The van der Waals surface area contributed by atoms with Crippen LogP contribution in [0.1, 0.15) is 48.4 Å². The molecule has 4 nitrogen and oxygen atoms in total. The summed E-state index contributed by atoms with van der Waals surface area (Å²) in [4.78, 5) is 27.6. The van der Waals surface area contributed by atoms with Crippen LogP contribution in [0.2, 0.25) is 0 Å². The van der Waals surface area contributed by atoms with E-state index < -0.39 is 0 Å². The lowest BCUT2D eigenvalue weighted by atomic mass is 10.1. The van der Waals surface area contributed by atoms with Crippen molar-refractivity contribution in [3.8, 4) is 0 Å². The molecule has 0 aliphatic carbocycles. The zero-order valence-corrected chi connectivity index (χ0v) is 12.5. The van der Waals surface area contributed by atoms with Crippen LogP contribution in [-0.2, 0) is 0 Å². The van der Waals surface area contributed by atoms with Gasteiger partial charge in [-0.25, -0.2) is 0 Å². The Hall–Kier alpha value is -1.97. The van der Waals surface area contributed by atoms with Gasteiger partial charge in [0.15, 0.2) is 0 Å². The van der Waals surface area contributed by atoms with Crippen molar-refractivity contribution in [3.63, 3.8) is 0 Å². The number of benzene rings is 1. The molecule has 0 spiro atoms. The molecule has 0 aromatic heterocycles. The lowest BCUT2D eigenvalue weighted by Crippen LogP contribution is -2.24. The zero-order valence-electron chi connectivity index (χ0n) is 12.5. The fourth-order valence-electron chi connectivity index (χ4n) is 1.31. The lowest BCUT2D eigenvalue weighted by Gasteiger charge is -2.02. The molecular formula is C15H22N2O2. The van der Waals surface area contributed by atoms with Gasteiger partial charge in [0.05, 0.1) is 11.1 Å². The van der Waals surface area contributed by atoms with E-state index in [0.717, 1.165) is 10.6 Å². The van der Waals surface area contributed by atoms with Gasteiger partial charge in [0, 0.05) is 19.8 Å². The molecule has 0 unspecified atom stereocenters. The molecule has 1 aromatic rings. The van der Waals surface area contributed by atoms with E-state index in [-0.39, 0.29) is 11.8 Å². The topological polar surface area (TPSA) is 49.7 Å². The predicted molar refractivity (Wildman–Crippen MR) is 78.9 cm³/mol. The third-order valence-electron chi connectivity index (χ3n) is 2.44. The highest BCUT2D eigenvalue weighted by Gasteiger charge is 2.31. The average molecular weight is 262 g/mol. The molecule has 0 saturated carbocycles. The quantitative estimate of drug-likeness (QED) is 0.533. The molecule has 1 aromatic carbocycles. The molecule has 0 bridgehead atoms. The van der Waals surface area contributed by atoms with Crippen LogP contribution in [0.25, 0.3) is 0 Å². The van der Waals surface area contributed by atoms with Gasteiger partial charge in [-0.05, 0) is 26.0 Å². The van der Waals surface area contributed by atoms with Crippen LogP contribution in [0.4, 0.5) is 0 Å². The molecule has 1 aliphatic heterocycles. The second-order valence-electron chi connectivity index (χ2n) is 3.89. The van der Waals surface area contributed by atoms with Crippen LogP contribution in [0.15, 0.2) is 29.3 Å². The summed E-state index contributed by atoms with van der Waals surface area (Å²) in [6.45, 7) is 7.94. The van der Waals surface area contributed by atoms with Crippen molar-refractivity contribution < 1.29 is 9.59 Å². The summed E-state index contributed by atoms with van der Waals surface area (Å²) < 4.78 is 0. The van der Waals surface area contributed by atoms with E-state index in [1.807, 2.05) is 27.7 Å². The molecular weight excluding hydrogens is 240 g/mol. The third-order valence-corrected chi connectivity index (χ3v) is 2.44. The first-order chi connectivity index (χ1) is 8.99. The number of rotatable bonds is 0. The van der Waals surface area contributed by atoms with E-state index in [1.54, 1.807) is 31.3 Å². The highest BCUT2D eigenvalue weighted by molar-refractivity contribution is 6.21. The molecule has 1 aliphatic rings. The van der Waals surface area contributed by atoms with Crippen LogP contribution in [0, 0.1) is 0 Å². The van der Waals surface area contributed by atoms with Crippen LogP contribution in [0.3, 0.4) is 0 Å². The maximum absolute atomic E-state index is 11.3. The monoisotopic (exact) mass is 262 g/mol. The number of hydrogen-bond donors (Lipinski definition) is 0. The highest BCUT2D eigenvalue weighted by Crippen LogP contribution is 2.20. The maximum Gasteiger partial charge on any atom is 0.261 e. The standard InChI is InChI=1S/C9H7NO2.C4H9N.C2H6/c1-10-8(11)6-4-2-3-5-7(6)9(10)12;1-4(2)5-3;1-2/h2-5H,1H3;1-3H3;1-2H3. The number of fused-ring (bicyclic) bond motifs is 1. The second-order valence-corrected chi connectivity index (χ2v) is 3.89. The number of nitrogens with zero attached hydrogens (tertiary/aromatic N) is 2. The molecule has 104 valence electrons. The van der Waals surface area contributed by atoms with Crippen LogP contribution in [-0.4, -0.2) is 36.5 Å². The van der Waals surface area contributed by atoms with E-state index in [4.69, 9.17) is 0 Å². The molecule has 0 fully saturated rings. The van der Waals surface area contributed by atoms with Gasteiger partial charge in [-0.3, -0.25) is 19.5 Å². The second kappa shape index (κ2) is 8.19. The minimum atomic E-state index is -0.212. The van der Waals surface area contributed by atoms with Crippen molar-refractivity contribution in [2.75, 3.05) is 14.1 Å². The Morgan fingerprint density at radius 2 is 1.32 bits per heavy atom. The van der Waals surface area contributed by atoms with Gasteiger partial charge in [-0.15, -0.1) is 0 Å². The summed E-state index contributed by atoms with van der Waals surface area (Å²) in [5, 5.41) is 0. The average Bonchev–Trinajstić information content (AvgIpc) is 2.67. The fraction of sp³-hybridized carbons (Fsp3) is 0.400. The number of carbonyl (C=O) groups is 2. The van der Waals surface area contributed by atoms with Gasteiger partial charge in [0.1, 0.15) is 0 Å². The molecule has 4 heteroatoms. The number of carbonyl (C=O) groups excluding carboxylic acids is 2. The molecule has 2 amide bonds. The minimum absolute atomic E-state index is 0.212. The first kappa shape index (κ1) is 17.0. The maximum atomic E-state index is 11.3. The van der Waals surface area contributed by atoms with E-state index in [0.29, 0.717) is 11.1 Å².